The van der Waals surface area contributed by atoms with Gasteiger partial charge >= 0.3 is 12.0 Å². The first kappa shape index (κ1) is 24.3. The first-order chi connectivity index (χ1) is 16.3. The van der Waals surface area contributed by atoms with Crippen LogP contribution < -0.4 is 20.9 Å². The minimum Gasteiger partial charge on any atom is -0.505 e. The first-order valence-electron chi connectivity index (χ1n) is 10.5. The lowest BCUT2D eigenvalue weighted by Gasteiger charge is -2.20. The molecule has 2 aromatic heterocycles. The molecule has 0 bridgehead atoms. The fraction of sp³-hybridized carbons (Fsp3) is 0.250. The van der Waals surface area contributed by atoms with Crippen molar-refractivity contribution in [3.05, 3.63) is 70.8 Å². The topological polar surface area (TPSA) is 132 Å². The number of aryl methyl sites for hydroxylation is 1. The molecule has 2 heterocycles. The third-order valence-corrected chi connectivity index (χ3v) is 5.03. The number of benzene rings is 1. The van der Waals surface area contributed by atoms with Gasteiger partial charge in [0.15, 0.2) is 5.69 Å². The number of aromatic nitrogens is 2. The van der Waals surface area contributed by atoms with E-state index >= 15 is 0 Å². The van der Waals surface area contributed by atoms with Gasteiger partial charge in [0, 0.05) is 31.1 Å². The van der Waals surface area contributed by atoms with E-state index in [4.69, 9.17) is 9.47 Å². The van der Waals surface area contributed by atoms with Crippen molar-refractivity contribution in [2.75, 3.05) is 19.0 Å². The Morgan fingerprint density at radius 3 is 2.65 bits per heavy atom. The van der Waals surface area contributed by atoms with Gasteiger partial charge in [-0.1, -0.05) is 18.2 Å². The summed E-state index contributed by atoms with van der Waals surface area (Å²) in [6, 6.07) is 10.6. The van der Waals surface area contributed by atoms with E-state index in [2.05, 4.69) is 15.6 Å². The fourth-order valence-electron chi connectivity index (χ4n) is 3.29. The number of amides is 2. The maximum atomic E-state index is 12.7. The molecule has 0 aliphatic rings. The monoisotopic (exact) mass is 466 g/mol. The van der Waals surface area contributed by atoms with Crippen molar-refractivity contribution in [1.29, 1.82) is 0 Å². The largest absolute Gasteiger partial charge is 0.505 e. The van der Waals surface area contributed by atoms with Crippen molar-refractivity contribution in [1.82, 2.24) is 14.9 Å². The van der Waals surface area contributed by atoms with Crippen molar-refractivity contribution >= 4 is 17.7 Å². The van der Waals surface area contributed by atoms with E-state index in [1.165, 1.54) is 31.0 Å². The minimum absolute atomic E-state index is 0.135. The maximum absolute atomic E-state index is 12.7. The summed E-state index contributed by atoms with van der Waals surface area (Å²) in [6.07, 6.45) is 2.90. The van der Waals surface area contributed by atoms with Crippen LogP contribution in [-0.2, 0) is 16.6 Å². The highest BCUT2D eigenvalue weighted by atomic mass is 16.5. The van der Waals surface area contributed by atoms with Gasteiger partial charge in [0.1, 0.15) is 5.75 Å². The molecule has 10 heteroatoms. The molecule has 0 radical (unpaired) electrons. The first-order valence-corrected chi connectivity index (χ1v) is 10.5. The van der Waals surface area contributed by atoms with Gasteiger partial charge in [0.2, 0.25) is 5.88 Å². The molecule has 1 atom stereocenters. The van der Waals surface area contributed by atoms with Crippen LogP contribution in [0.2, 0.25) is 0 Å². The van der Waals surface area contributed by atoms with Gasteiger partial charge in [-0.15, -0.1) is 0 Å². The Kier molecular flexibility index (Phi) is 7.86. The summed E-state index contributed by atoms with van der Waals surface area (Å²) < 4.78 is 11.4. The number of rotatable bonds is 8. The second kappa shape index (κ2) is 11.0. The second-order valence-electron chi connectivity index (χ2n) is 7.37. The Morgan fingerprint density at radius 2 is 1.97 bits per heavy atom. The second-order valence-corrected chi connectivity index (χ2v) is 7.37. The summed E-state index contributed by atoms with van der Waals surface area (Å²) >= 11 is 0. The molecule has 0 saturated heterocycles. The average molecular weight is 466 g/mol. The summed E-state index contributed by atoms with van der Waals surface area (Å²) in [6.45, 7) is 1.89. The third-order valence-electron chi connectivity index (χ3n) is 5.03. The number of nitrogens with zero attached hydrogens (tertiary/aromatic N) is 2. The molecular weight excluding hydrogens is 440 g/mol. The summed E-state index contributed by atoms with van der Waals surface area (Å²) in [5.41, 5.74) is 1.43. The molecule has 1 aromatic carbocycles. The van der Waals surface area contributed by atoms with Crippen LogP contribution in [0.4, 0.5) is 10.5 Å². The molecule has 3 rings (SSSR count). The summed E-state index contributed by atoms with van der Waals surface area (Å²) in [5, 5.41) is 15.1. The maximum Gasteiger partial charge on any atom is 0.319 e. The molecule has 3 aromatic rings. The van der Waals surface area contributed by atoms with E-state index in [-0.39, 0.29) is 24.5 Å². The number of methoxy groups -OCH3 is 1. The van der Waals surface area contributed by atoms with E-state index in [1.54, 1.807) is 31.3 Å². The van der Waals surface area contributed by atoms with E-state index in [0.29, 0.717) is 11.4 Å². The molecule has 178 valence electrons. The molecule has 0 aliphatic carbocycles. The molecule has 3 N–H and O–H groups in total. The van der Waals surface area contributed by atoms with Crippen molar-refractivity contribution in [3.8, 4) is 22.8 Å². The van der Waals surface area contributed by atoms with Crippen molar-refractivity contribution in [2.45, 2.75) is 19.4 Å². The number of pyridine rings is 2. The predicted molar refractivity (Wildman–Crippen MR) is 126 cm³/mol. The number of carbonyl (C=O) groups is 2. The van der Waals surface area contributed by atoms with E-state index in [9.17, 15) is 19.5 Å². The van der Waals surface area contributed by atoms with Gasteiger partial charge in [-0.3, -0.25) is 9.59 Å². The van der Waals surface area contributed by atoms with Gasteiger partial charge in [0.25, 0.3) is 5.56 Å². The Morgan fingerprint density at radius 1 is 1.18 bits per heavy atom. The molecule has 0 fully saturated rings. The lowest BCUT2D eigenvalue weighted by atomic mass is 9.98. The van der Waals surface area contributed by atoms with E-state index in [0.717, 1.165) is 11.1 Å². The number of aromatic hydroxyl groups is 1. The molecule has 34 heavy (non-hydrogen) atoms. The van der Waals surface area contributed by atoms with Gasteiger partial charge in [-0.25, -0.2) is 9.78 Å². The van der Waals surface area contributed by atoms with Crippen LogP contribution in [0.25, 0.3) is 11.1 Å². The Hall–Kier alpha value is -4.34. The third kappa shape index (κ3) is 5.91. The highest BCUT2D eigenvalue weighted by molar-refractivity contribution is 5.91. The number of esters is 1. The predicted octanol–water partition coefficient (Wildman–Crippen LogP) is 2.98. The SMILES string of the molecule is CCOC(=O)CC(NC(=O)Nc1c(O)ccn(C)c1=O)c1cccc(-c2ccc(OC)nc2)c1. The number of carbonyl (C=O) groups excluding carboxylic acids is 2. The summed E-state index contributed by atoms with van der Waals surface area (Å²) in [7, 11) is 3.03. The molecule has 0 spiro atoms. The number of hydrogen-bond acceptors (Lipinski definition) is 7. The van der Waals surface area contributed by atoms with Crippen LogP contribution in [-0.4, -0.2) is 40.4 Å². The van der Waals surface area contributed by atoms with Crippen molar-refractivity contribution in [3.63, 3.8) is 0 Å². The zero-order valence-electron chi connectivity index (χ0n) is 19.1. The minimum atomic E-state index is -0.764. The number of ether oxygens (including phenoxy) is 2. The van der Waals surface area contributed by atoms with Gasteiger partial charge < -0.3 is 29.8 Å². The van der Waals surface area contributed by atoms with Crippen LogP contribution >= 0.6 is 0 Å². The van der Waals surface area contributed by atoms with E-state index in [1.807, 2.05) is 18.2 Å². The van der Waals surface area contributed by atoms with Gasteiger partial charge in [0.05, 0.1) is 26.2 Å². The lowest BCUT2D eigenvalue weighted by Crippen LogP contribution is -2.36. The molecule has 0 saturated carbocycles. The average Bonchev–Trinajstić information content (AvgIpc) is 2.84. The smallest absolute Gasteiger partial charge is 0.319 e. The normalized spacial score (nSPS) is 11.4. The Balaban J connectivity index is 1.87. The number of hydrogen-bond donors (Lipinski definition) is 3. The number of urea groups is 1. The summed E-state index contributed by atoms with van der Waals surface area (Å²) in [4.78, 5) is 41.4. The Bertz CT molecular complexity index is 1220. The molecule has 1 unspecified atom stereocenters. The zero-order chi connectivity index (χ0) is 24.7. The molecule has 10 nitrogen and oxygen atoms in total. The molecular formula is C24H26N4O6. The standard InChI is InChI=1S/C24H26N4O6/c1-4-34-21(30)13-18(26-24(32)27-22-19(29)10-11-28(2)23(22)31)16-7-5-6-15(12-16)17-8-9-20(33-3)25-14-17/h5-12,14,18,29H,4,13H2,1-3H3,(H2,26,27,32). The van der Waals surface area contributed by atoms with Crippen LogP contribution in [0.5, 0.6) is 11.6 Å². The number of anilines is 1. The van der Waals surface area contributed by atoms with Crippen LogP contribution in [0, 0.1) is 0 Å². The van der Waals surface area contributed by atoms with Crippen molar-refractivity contribution in [2.24, 2.45) is 7.05 Å². The molecule has 0 aliphatic heterocycles. The molecule has 2 amide bonds. The van der Waals surface area contributed by atoms with Gasteiger partial charge in [-0.05, 0) is 36.2 Å². The van der Waals surface area contributed by atoms with Crippen molar-refractivity contribution < 1.29 is 24.2 Å². The van der Waals surface area contributed by atoms with Crippen LogP contribution in [0.3, 0.4) is 0 Å². The summed E-state index contributed by atoms with van der Waals surface area (Å²) in [5.74, 6) is -0.384. The van der Waals surface area contributed by atoms with Gasteiger partial charge in [-0.2, -0.15) is 0 Å². The van der Waals surface area contributed by atoms with Crippen LogP contribution in [0.1, 0.15) is 24.9 Å². The van der Waals surface area contributed by atoms with E-state index < -0.39 is 23.6 Å². The number of nitrogens with one attached hydrogen (secondary N) is 2. The lowest BCUT2D eigenvalue weighted by molar-refractivity contribution is -0.143. The highest BCUT2D eigenvalue weighted by Crippen LogP contribution is 2.26. The fourth-order valence-corrected chi connectivity index (χ4v) is 3.29. The van der Waals surface area contributed by atoms with Crippen LogP contribution in [0.15, 0.2) is 59.7 Å². The Labute approximate surface area is 196 Å². The quantitative estimate of drug-likeness (QED) is 0.435. The zero-order valence-corrected chi connectivity index (χ0v) is 19.1. The highest BCUT2D eigenvalue weighted by Gasteiger charge is 2.21.